The van der Waals surface area contributed by atoms with Crippen LogP contribution in [0.25, 0.3) is 33.5 Å². The molecule has 2 saturated heterocycles. The van der Waals surface area contributed by atoms with Crippen LogP contribution in [0.3, 0.4) is 0 Å². The van der Waals surface area contributed by atoms with Gasteiger partial charge in [0, 0.05) is 26.2 Å². The van der Waals surface area contributed by atoms with Gasteiger partial charge in [0.2, 0.25) is 0 Å². The number of ether oxygens (including phenoxy) is 5. The molecule has 45 heavy (non-hydrogen) atoms. The van der Waals surface area contributed by atoms with Crippen molar-refractivity contribution in [2.45, 2.75) is 64.1 Å². The molecule has 2 fully saturated rings. The number of hydrogen-bond donors (Lipinski definition) is 0. The lowest BCUT2D eigenvalue weighted by Crippen LogP contribution is -2.34. The molecule has 0 saturated carbocycles. The van der Waals surface area contributed by atoms with E-state index in [2.05, 4.69) is 43.9 Å². The number of nitrogens with zero attached hydrogens (tertiary/aromatic N) is 3. The molecule has 2 aromatic heterocycles. The molecule has 4 atom stereocenters. The zero-order valence-corrected chi connectivity index (χ0v) is 28.0. The Morgan fingerprint density at radius 1 is 0.978 bits per heavy atom. The van der Waals surface area contributed by atoms with Gasteiger partial charge in [0.25, 0.3) is 0 Å². The molecule has 6 rings (SSSR count). The first-order valence-corrected chi connectivity index (χ1v) is 19.6. The average molecular weight is 650 g/mol. The van der Waals surface area contributed by atoms with Gasteiger partial charge < -0.3 is 23.7 Å². The molecule has 0 amide bonds. The van der Waals surface area contributed by atoms with Crippen molar-refractivity contribution < 1.29 is 28.5 Å². The van der Waals surface area contributed by atoms with Crippen LogP contribution >= 0.6 is 11.6 Å². The van der Waals surface area contributed by atoms with Crippen LogP contribution in [0.4, 0.5) is 0 Å². The summed E-state index contributed by atoms with van der Waals surface area (Å²) >= 11 is 6.86. The quantitative estimate of drug-likeness (QED) is 0.0935. The van der Waals surface area contributed by atoms with E-state index in [1.54, 1.807) is 6.92 Å². The Morgan fingerprint density at radius 2 is 1.69 bits per heavy atom. The summed E-state index contributed by atoms with van der Waals surface area (Å²) < 4.78 is 31.8. The molecule has 9 nitrogen and oxygen atoms in total. The number of esters is 1. The van der Waals surface area contributed by atoms with Gasteiger partial charge in [-0.25, -0.2) is 4.98 Å². The van der Waals surface area contributed by atoms with Crippen LogP contribution in [0.1, 0.15) is 13.3 Å². The van der Waals surface area contributed by atoms with Gasteiger partial charge >= 0.3 is 12.0 Å². The Balaban J connectivity index is 1.26. The molecule has 4 heterocycles. The number of imidazole rings is 1. The highest BCUT2D eigenvalue weighted by molar-refractivity contribution is 6.76. The van der Waals surface area contributed by atoms with Crippen LogP contribution in [0.15, 0.2) is 60.7 Å². The molecular formula is C34H40ClN3O6Si. The lowest BCUT2D eigenvalue weighted by atomic mass is 9.98. The lowest BCUT2D eigenvalue weighted by Gasteiger charge is -2.19. The third-order valence-corrected chi connectivity index (χ3v) is 10.2. The number of benzene rings is 2. The Labute approximate surface area is 269 Å². The summed E-state index contributed by atoms with van der Waals surface area (Å²) in [6, 6.07) is 21.7. The molecule has 0 unspecified atom stereocenters. The van der Waals surface area contributed by atoms with Crippen LogP contribution < -0.4 is 4.74 Å². The van der Waals surface area contributed by atoms with Crippen molar-refractivity contribution in [2.75, 3.05) is 26.4 Å². The molecule has 238 valence electrons. The van der Waals surface area contributed by atoms with Crippen molar-refractivity contribution in [1.82, 2.24) is 14.5 Å². The summed E-state index contributed by atoms with van der Waals surface area (Å²) in [5, 5.41) is 0.509. The molecule has 0 N–H and O–H groups in total. The van der Waals surface area contributed by atoms with Crippen LogP contribution in [-0.4, -0.2) is 73.3 Å². The zero-order chi connectivity index (χ0) is 31.6. The molecular weight excluding hydrogens is 610 g/mol. The topological polar surface area (TPSA) is 93.9 Å². The van der Waals surface area contributed by atoms with E-state index in [4.69, 9.17) is 45.3 Å². The molecule has 0 radical (unpaired) electrons. The van der Waals surface area contributed by atoms with Crippen LogP contribution in [-0.2, 0) is 30.5 Å². The number of carbonyl (C=O) groups excluding carboxylic acids is 1. The first-order valence-electron chi connectivity index (χ1n) is 15.6. The van der Waals surface area contributed by atoms with Crippen molar-refractivity contribution in [3.63, 3.8) is 0 Å². The highest BCUT2D eigenvalue weighted by Gasteiger charge is 2.50. The van der Waals surface area contributed by atoms with Crippen molar-refractivity contribution >= 4 is 36.8 Å². The Hall–Kier alpha value is -3.28. The Kier molecular flexibility index (Phi) is 9.58. The highest BCUT2D eigenvalue weighted by Crippen LogP contribution is 2.37. The van der Waals surface area contributed by atoms with E-state index in [-0.39, 0.29) is 37.2 Å². The van der Waals surface area contributed by atoms with Crippen LogP contribution in [0.5, 0.6) is 6.01 Å². The number of pyridine rings is 1. The smallest absolute Gasteiger partial charge is 0.306 e. The number of rotatable bonds is 12. The van der Waals surface area contributed by atoms with Gasteiger partial charge in [-0.2, -0.15) is 4.98 Å². The number of carbonyl (C=O) groups is 1. The van der Waals surface area contributed by atoms with E-state index in [0.717, 1.165) is 28.3 Å². The van der Waals surface area contributed by atoms with E-state index < -0.39 is 14.2 Å². The van der Waals surface area contributed by atoms with Gasteiger partial charge in [0.1, 0.15) is 12.8 Å². The van der Waals surface area contributed by atoms with E-state index in [1.165, 1.54) is 0 Å². The van der Waals surface area contributed by atoms with E-state index in [9.17, 15) is 4.79 Å². The van der Waals surface area contributed by atoms with Crippen molar-refractivity contribution in [2.24, 2.45) is 5.92 Å². The molecule has 2 aliphatic heterocycles. The molecule has 0 aliphatic carbocycles. The summed E-state index contributed by atoms with van der Waals surface area (Å²) in [6.07, 6.45) is -0.716. The standard InChI is InChI=1S/C34H40ClN3O6Si/c1-5-41-29(39)17-25-19-42-32-28(20-43-31(25)32)44-34-37-33-27(38(34)21-40-15-16-45(2,3)4)18-26(35)30(36-33)24-13-11-23(12-14-24)22-9-7-6-8-10-22/h6-14,18,25,28,31-32H,5,15-17,19-21H2,1-4H3/t25-,28-,31-,32-/m1/s1. The second kappa shape index (κ2) is 13.6. The SMILES string of the molecule is CCOC(=O)C[C@@H]1CO[C@H]2[C@@H]1OC[C@H]2Oc1nc2nc(-c3ccc(-c4ccccc4)cc3)c(Cl)cc2n1COCC[Si](C)(C)C. The summed E-state index contributed by atoms with van der Waals surface area (Å²) in [4.78, 5) is 21.8. The van der Waals surface area contributed by atoms with E-state index in [0.29, 0.717) is 48.8 Å². The maximum atomic E-state index is 12.1. The second-order valence-electron chi connectivity index (χ2n) is 12.8. The van der Waals surface area contributed by atoms with Gasteiger partial charge in [0.05, 0.1) is 48.6 Å². The Morgan fingerprint density at radius 3 is 2.42 bits per heavy atom. The average Bonchev–Trinajstić information content (AvgIpc) is 3.70. The minimum absolute atomic E-state index is 0.0809. The van der Waals surface area contributed by atoms with Crippen LogP contribution in [0.2, 0.25) is 30.7 Å². The number of halogens is 1. The third kappa shape index (κ3) is 7.26. The minimum Gasteiger partial charge on any atom is -0.466 e. The van der Waals surface area contributed by atoms with Gasteiger partial charge in [-0.15, -0.1) is 0 Å². The van der Waals surface area contributed by atoms with Crippen molar-refractivity contribution in [3.8, 4) is 28.4 Å². The third-order valence-electron chi connectivity index (χ3n) is 8.24. The van der Waals surface area contributed by atoms with Gasteiger partial charge in [-0.05, 0) is 30.2 Å². The van der Waals surface area contributed by atoms with Gasteiger partial charge in [-0.3, -0.25) is 9.36 Å². The fourth-order valence-corrected chi connectivity index (χ4v) is 6.81. The molecule has 2 aromatic carbocycles. The first kappa shape index (κ1) is 31.7. The van der Waals surface area contributed by atoms with Crippen molar-refractivity contribution in [3.05, 3.63) is 65.7 Å². The fraction of sp³-hybridized carbons (Fsp3) is 0.441. The summed E-state index contributed by atoms with van der Waals surface area (Å²) in [6.45, 7) is 10.7. The summed E-state index contributed by atoms with van der Waals surface area (Å²) in [7, 11) is -1.28. The van der Waals surface area contributed by atoms with Gasteiger partial charge in [-0.1, -0.05) is 85.8 Å². The summed E-state index contributed by atoms with van der Waals surface area (Å²) in [5.41, 5.74) is 5.02. The minimum atomic E-state index is -1.28. The number of hydrogen-bond acceptors (Lipinski definition) is 8. The van der Waals surface area contributed by atoms with Crippen molar-refractivity contribution in [1.29, 1.82) is 0 Å². The van der Waals surface area contributed by atoms with Gasteiger partial charge in [0.15, 0.2) is 11.8 Å². The predicted octanol–water partition coefficient (Wildman–Crippen LogP) is 6.85. The first-order chi connectivity index (χ1) is 21.7. The normalized spacial score (nSPS) is 21.3. The molecule has 4 aromatic rings. The monoisotopic (exact) mass is 649 g/mol. The predicted molar refractivity (Wildman–Crippen MR) is 176 cm³/mol. The number of fused-ring (bicyclic) bond motifs is 2. The van der Waals surface area contributed by atoms with Crippen LogP contribution in [0, 0.1) is 5.92 Å². The Bertz CT molecular complexity index is 1630. The fourth-order valence-electron chi connectivity index (χ4n) is 5.80. The maximum Gasteiger partial charge on any atom is 0.306 e. The van der Waals surface area contributed by atoms with E-state index in [1.807, 2.05) is 41.0 Å². The molecule has 2 aliphatic rings. The lowest BCUT2D eigenvalue weighted by molar-refractivity contribution is -0.145. The molecule has 0 bridgehead atoms. The largest absolute Gasteiger partial charge is 0.466 e. The summed E-state index contributed by atoms with van der Waals surface area (Å²) in [5.74, 6) is -0.326. The zero-order valence-electron chi connectivity index (χ0n) is 26.2. The maximum absolute atomic E-state index is 12.1. The van der Waals surface area contributed by atoms with E-state index >= 15 is 0 Å². The second-order valence-corrected chi connectivity index (χ2v) is 18.8. The highest BCUT2D eigenvalue weighted by atomic mass is 35.5. The molecule has 0 spiro atoms. The number of aromatic nitrogens is 3. The molecule has 11 heteroatoms.